The molecule has 15 heavy (non-hydrogen) atoms. The molecule has 0 rings (SSSR count). The van der Waals surface area contributed by atoms with Gasteiger partial charge in [0.15, 0.2) is 0 Å². The van der Waals surface area contributed by atoms with Crippen molar-refractivity contribution in [3.8, 4) is 0 Å². The van der Waals surface area contributed by atoms with Gasteiger partial charge in [-0.1, -0.05) is 6.92 Å². The van der Waals surface area contributed by atoms with Crippen molar-refractivity contribution < 1.29 is 9.90 Å². The first-order valence-electron chi connectivity index (χ1n) is 5.52. The topological polar surface area (TPSA) is 52.6 Å². The number of nitrogens with zero attached hydrogens (tertiary/aromatic N) is 1. The summed E-state index contributed by atoms with van der Waals surface area (Å²) in [6.07, 6.45) is 0. The van der Waals surface area contributed by atoms with Crippen molar-refractivity contribution in [2.75, 3.05) is 20.1 Å². The molecule has 0 bridgehead atoms. The SMILES string of the molecule is CC(NCCN(C)C(C)C)C(C)C(=O)O. The highest BCUT2D eigenvalue weighted by atomic mass is 16.4. The van der Waals surface area contributed by atoms with E-state index in [0.717, 1.165) is 13.1 Å². The first-order chi connectivity index (χ1) is 6.86. The fourth-order valence-electron chi connectivity index (χ4n) is 1.12. The number of carbonyl (C=O) groups is 1. The van der Waals surface area contributed by atoms with Gasteiger partial charge in [-0.15, -0.1) is 0 Å². The molecule has 0 heterocycles. The maximum absolute atomic E-state index is 10.7. The van der Waals surface area contributed by atoms with Crippen molar-refractivity contribution >= 4 is 5.97 Å². The van der Waals surface area contributed by atoms with E-state index in [-0.39, 0.29) is 12.0 Å². The zero-order chi connectivity index (χ0) is 12.0. The van der Waals surface area contributed by atoms with E-state index in [1.807, 2.05) is 6.92 Å². The van der Waals surface area contributed by atoms with Crippen LogP contribution in [-0.4, -0.2) is 48.2 Å². The van der Waals surface area contributed by atoms with Gasteiger partial charge in [-0.25, -0.2) is 0 Å². The van der Waals surface area contributed by atoms with Gasteiger partial charge in [-0.3, -0.25) is 4.79 Å². The van der Waals surface area contributed by atoms with Gasteiger partial charge >= 0.3 is 5.97 Å². The van der Waals surface area contributed by atoms with Crippen LogP contribution < -0.4 is 5.32 Å². The number of carboxylic acids is 1. The summed E-state index contributed by atoms with van der Waals surface area (Å²) >= 11 is 0. The molecular formula is C11H24N2O2. The summed E-state index contributed by atoms with van der Waals surface area (Å²) in [5, 5.41) is 12.0. The van der Waals surface area contributed by atoms with Crippen LogP contribution in [0, 0.1) is 5.92 Å². The Labute approximate surface area is 92.7 Å². The highest BCUT2D eigenvalue weighted by Gasteiger charge is 2.18. The number of aliphatic carboxylic acids is 1. The zero-order valence-corrected chi connectivity index (χ0v) is 10.4. The Morgan fingerprint density at radius 1 is 1.33 bits per heavy atom. The molecule has 0 aliphatic carbocycles. The lowest BCUT2D eigenvalue weighted by atomic mass is 10.0. The summed E-state index contributed by atoms with van der Waals surface area (Å²) in [5.74, 6) is -1.08. The van der Waals surface area contributed by atoms with Crippen molar-refractivity contribution in [2.24, 2.45) is 5.92 Å². The van der Waals surface area contributed by atoms with Gasteiger partial charge in [0.05, 0.1) is 5.92 Å². The van der Waals surface area contributed by atoms with Gasteiger partial charge in [-0.2, -0.15) is 0 Å². The standard InChI is InChI=1S/C11H24N2O2/c1-8(2)13(5)7-6-12-10(4)9(3)11(14)15/h8-10,12H,6-7H2,1-5H3,(H,14,15). The maximum atomic E-state index is 10.7. The normalized spacial score (nSPS) is 15.7. The molecule has 4 heteroatoms. The van der Waals surface area contributed by atoms with E-state index in [0.29, 0.717) is 6.04 Å². The number of hydrogen-bond donors (Lipinski definition) is 2. The summed E-state index contributed by atoms with van der Waals surface area (Å²) in [5.41, 5.74) is 0. The van der Waals surface area contributed by atoms with Crippen LogP contribution in [0.2, 0.25) is 0 Å². The molecule has 2 unspecified atom stereocenters. The van der Waals surface area contributed by atoms with E-state index in [1.165, 1.54) is 0 Å². The van der Waals surface area contributed by atoms with Crippen LogP contribution in [-0.2, 0) is 4.79 Å². The third kappa shape index (κ3) is 5.74. The minimum atomic E-state index is -0.743. The fraction of sp³-hybridized carbons (Fsp3) is 0.909. The zero-order valence-electron chi connectivity index (χ0n) is 10.4. The van der Waals surface area contributed by atoms with E-state index in [9.17, 15) is 4.79 Å². The molecule has 0 saturated heterocycles. The van der Waals surface area contributed by atoms with Gasteiger partial charge in [0.1, 0.15) is 0 Å². The molecule has 4 nitrogen and oxygen atoms in total. The minimum absolute atomic E-state index is 0.0167. The van der Waals surface area contributed by atoms with Crippen molar-refractivity contribution in [1.29, 1.82) is 0 Å². The van der Waals surface area contributed by atoms with E-state index in [4.69, 9.17) is 5.11 Å². The highest BCUT2D eigenvalue weighted by Crippen LogP contribution is 2.01. The number of rotatable bonds is 7. The lowest BCUT2D eigenvalue weighted by Gasteiger charge is -2.23. The van der Waals surface area contributed by atoms with E-state index in [2.05, 4.69) is 31.1 Å². The Morgan fingerprint density at radius 3 is 2.27 bits per heavy atom. The number of carboxylic acid groups (broad SMARTS) is 1. The molecule has 0 aromatic carbocycles. The Balaban J connectivity index is 3.72. The molecule has 0 aromatic rings. The number of hydrogen-bond acceptors (Lipinski definition) is 3. The van der Waals surface area contributed by atoms with Crippen molar-refractivity contribution in [3.63, 3.8) is 0 Å². The van der Waals surface area contributed by atoms with E-state index >= 15 is 0 Å². The Bertz CT molecular complexity index is 195. The average Bonchev–Trinajstić information content (AvgIpc) is 2.15. The summed E-state index contributed by atoms with van der Waals surface area (Å²) in [4.78, 5) is 12.9. The van der Waals surface area contributed by atoms with Gasteiger partial charge in [0, 0.05) is 25.2 Å². The highest BCUT2D eigenvalue weighted by molar-refractivity contribution is 5.70. The molecule has 0 radical (unpaired) electrons. The monoisotopic (exact) mass is 216 g/mol. The van der Waals surface area contributed by atoms with Gasteiger partial charge in [0.2, 0.25) is 0 Å². The lowest BCUT2D eigenvalue weighted by molar-refractivity contribution is -0.141. The second-order valence-electron chi connectivity index (χ2n) is 4.44. The van der Waals surface area contributed by atoms with Crippen LogP contribution >= 0.6 is 0 Å². The van der Waals surface area contributed by atoms with Gasteiger partial charge in [-0.05, 0) is 27.8 Å². The molecule has 0 fully saturated rings. The largest absolute Gasteiger partial charge is 0.481 e. The maximum Gasteiger partial charge on any atom is 0.307 e. The van der Waals surface area contributed by atoms with Crippen LogP contribution in [0.4, 0.5) is 0 Å². The summed E-state index contributed by atoms with van der Waals surface area (Å²) in [6, 6.07) is 0.544. The second kappa shape index (κ2) is 6.80. The molecule has 2 atom stereocenters. The van der Waals surface area contributed by atoms with Crippen LogP contribution in [0.25, 0.3) is 0 Å². The van der Waals surface area contributed by atoms with Gasteiger partial charge in [0.25, 0.3) is 0 Å². The second-order valence-corrected chi connectivity index (χ2v) is 4.44. The van der Waals surface area contributed by atoms with Crippen LogP contribution in [0.3, 0.4) is 0 Å². The molecule has 0 aromatic heterocycles. The van der Waals surface area contributed by atoms with Crippen LogP contribution in [0.15, 0.2) is 0 Å². The summed E-state index contributed by atoms with van der Waals surface area (Å²) < 4.78 is 0. The number of nitrogens with one attached hydrogen (secondary N) is 1. The molecule has 2 N–H and O–H groups in total. The van der Waals surface area contributed by atoms with Gasteiger partial charge < -0.3 is 15.3 Å². The average molecular weight is 216 g/mol. The predicted molar refractivity (Wildman–Crippen MR) is 62.0 cm³/mol. The minimum Gasteiger partial charge on any atom is -0.481 e. The molecule has 0 aliphatic rings. The predicted octanol–water partition coefficient (Wildman–Crippen LogP) is 1.03. The third-order valence-corrected chi connectivity index (χ3v) is 2.95. The Morgan fingerprint density at radius 2 is 1.87 bits per heavy atom. The molecule has 0 aliphatic heterocycles. The first-order valence-corrected chi connectivity index (χ1v) is 5.52. The molecule has 90 valence electrons. The molecule has 0 saturated carbocycles. The molecule has 0 amide bonds. The quantitative estimate of drug-likeness (QED) is 0.667. The molecular weight excluding hydrogens is 192 g/mol. The Kier molecular flexibility index (Phi) is 6.52. The molecule has 0 spiro atoms. The smallest absolute Gasteiger partial charge is 0.307 e. The lowest BCUT2D eigenvalue weighted by Crippen LogP contribution is -2.41. The summed E-state index contributed by atoms with van der Waals surface area (Å²) in [7, 11) is 2.07. The van der Waals surface area contributed by atoms with Crippen molar-refractivity contribution in [2.45, 2.75) is 39.8 Å². The third-order valence-electron chi connectivity index (χ3n) is 2.95. The fourth-order valence-corrected chi connectivity index (χ4v) is 1.12. The van der Waals surface area contributed by atoms with Crippen molar-refractivity contribution in [3.05, 3.63) is 0 Å². The number of likely N-dealkylation sites (N-methyl/N-ethyl adjacent to an activating group) is 1. The van der Waals surface area contributed by atoms with E-state index < -0.39 is 5.97 Å². The Hall–Kier alpha value is -0.610. The van der Waals surface area contributed by atoms with E-state index in [1.54, 1.807) is 6.92 Å². The van der Waals surface area contributed by atoms with Crippen molar-refractivity contribution in [1.82, 2.24) is 10.2 Å². The summed E-state index contributed by atoms with van der Waals surface area (Å²) in [6.45, 7) is 9.69. The van der Waals surface area contributed by atoms with Crippen LogP contribution in [0.5, 0.6) is 0 Å². The first kappa shape index (κ1) is 14.4. The van der Waals surface area contributed by atoms with Crippen LogP contribution in [0.1, 0.15) is 27.7 Å².